The number of rotatable bonds is 7. The van der Waals surface area contributed by atoms with Crippen LogP contribution in [-0.2, 0) is 4.74 Å². The first kappa shape index (κ1) is 14.9. The molecule has 0 aliphatic heterocycles. The molecule has 0 heterocycles. The lowest BCUT2D eigenvalue weighted by molar-refractivity contribution is 0.0172. The molecule has 1 rings (SSSR count). The molecule has 0 bridgehead atoms. The number of unbranched alkanes of at least 4 members (excludes halogenated alkanes) is 1. The highest BCUT2D eigenvalue weighted by molar-refractivity contribution is 4.76. The second kappa shape index (κ2) is 7.34. The van der Waals surface area contributed by atoms with E-state index >= 15 is 0 Å². The molecule has 0 amide bonds. The van der Waals surface area contributed by atoms with Crippen molar-refractivity contribution in [2.45, 2.75) is 70.4 Å². The predicted octanol–water partition coefficient (Wildman–Crippen LogP) is 2.46. The van der Waals surface area contributed by atoms with E-state index in [0.717, 1.165) is 31.8 Å². The van der Waals surface area contributed by atoms with Crippen molar-refractivity contribution < 1.29 is 9.84 Å². The molecule has 0 radical (unpaired) electrons. The zero-order valence-corrected chi connectivity index (χ0v) is 11.5. The third-order valence-electron chi connectivity index (χ3n) is 3.82. The lowest BCUT2D eigenvalue weighted by Crippen LogP contribution is -2.40. The zero-order chi connectivity index (χ0) is 12.7. The number of aliphatic hydroxyl groups is 1. The summed E-state index contributed by atoms with van der Waals surface area (Å²) in [5, 5.41) is 9.02. The van der Waals surface area contributed by atoms with Gasteiger partial charge in [0, 0.05) is 12.1 Å². The first-order chi connectivity index (χ1) is 8.03. The first-order valence-electron chi connectivity index (χ1n) is 7.05. The molecule has 0 saturated heterocycles. The van der Waals surface area contributed by atoms with Gasteiger partial charge in [-0.05, 0) is 57.8 Å². The third kappa shape index (κ3) is 6.39. The van der Waals surface area contributed by atoms with E-state index in [1.165, 1.54) is 25.7 Å². The highest BCUT2D eigenvalue weighted by Crippen LogP contribution is 2.25. The molecule has 0 aromatic rings. The van der Waals surface area contributed by atoms with E-state index in [1.807, 2.05) is 6.92 Å². The molecule has 0 aromatic heterocycles. The molecule has 1 unspecified atom stereocenters. The molecule has 17 heavy (non-hydrogen) atoms. The minimum atomic E-state index is -0.416. The average molecular weight is 243 g/mol. The van der Waals surface area contributed by atoms with Crippen LogP contribution < -0.4 is 5.73 Å². The molecule has 3 N–H and O–H groups in total. The van der Waals surface area contributed by atoms with Crippen LogP contribution in [0.4, 0.5) is 0 Å². The van der Waals surface area contributed by atoms with Crippen molar-refractivity contribution in [1.29, 1.82) is 0 Å². The first-order valence-corrected chi connectivity index (χ1v) is 7.05. The Morgan fingerprint density at radius 3 is 2.47 bits per heavy atom. The van der Waals surface area contributed by atoms with Gasteiger partial charge in [0.25, 0.3) is 0 Å². The maximum Gasteiger partial charge on any atom is 0.0608 e. The summed E-state index contributed by atoms with van der Waals surface area (Å²) in [5.41, 5.74) is 5.45. The summed E-state index contributed by atoms with van der Waals surface area (Å²) in [4.78, 5) is 0. The Kier molecular flexibility index (Phi) is 6.45. The Labute approximate surface area is 106 Å². The van der Waals surface area contributed by atoms with Gasteiger partial charge < -0.3 is 15.6 Å². The van der Waals surface area contributed by atoms with Gasteiger partial charge in [0.05, 0.1) is 12.7 Å². The summed E-state index contributed by atoms with van der Waals surface area (Å²) in [6, 6.07) is 0. The van der Waals surface area contributed by atoms with Gasteiger partial charge in [-0.1, -0.05) is 6.92 Å². The minimum Gasteiger partial charge on any atom is -0.394 e. The van der Waals surface area contributed by atoms with Crippen molar-refractivity contribution in [2.75, 3.05) is 13.2 Å². The van der Waals surface area contributed by atoms with E-state index in [-0.39, 0.29) is 6.61 Å². The summed E-state index contributed by atoms with van der Waals surface area (Å²) in [5.74, 6) is 0.886. The second-order valence-corrected chi connectivity index (χ2v) is 6.02. The van der Waals surface area contributed by atoms with E-state index in [0.29, 0.717) is 6.10 Å². The fourth-order valence-electron chi connectivity index (χ4n) is 2.36. The minimum absolute atomic E-state index is 0.0639. The van der Waals surface area contributed by atoms with Crippen LogP contribution in [0, 0.1) is 5.92 Å². The van der Waals surface area contributed by atoms with E-state index in [2.05, 4.69) is 6.92 Å². The SMILES string of the molecule is CC1CCC(OCCCCC(C)(N)CO)CC1. The Morgan fingerprint density at radius 2 is 1.88 bits per heavy atom. The maximum absolute atomic E-state index is 9.02. The van der Waals surface area contributed by atoms with Crippen LogP contribution in [0.1, 0.15) is 58.8 Å². The largest absolute Gasteiger partial charge is 0.394 e. The lowest BCUT2D eigenvalue weighted by Gasteiger charge is -2.26. The van der Waals surface area contributed by atoms with Crippen LogP contribution in [0.5, 0.6) is 0 Å². The topological polar surface area (TPSA) is 55.5 Å². The molecule has 1 fully saturated rings. The smallest absolute Gasteiger partial charge is 0.0608 e. The molecule has 1 aliphatic carbocycles. The van der Waals surface area contributed by atoms with Crippen molar-refractivity contribution >= 4 is 0 Å². The molecule has 102 valence electrons. The Morgan fingerprint density at radius 1 is 1.24 bits per heavy atom. The zero-order valence-electron chi connectivity index (χ0n) is 11.5. The quantitative estimate of drug-likeness (QED) is 0.675. The van der Waals surface area contributed by atoms with Crippen molar-refractivity contribution in [3.05, 3.63) is 0 Å². The normalized spacial score (nSPS) is 28.9. The molecule has 3 heteroatoms. The van der Waals surface area contributed by atoms with Gasteiger partial charge in [-0.2, -0.15) is 0 Å². The predicted molar refractivity (Wildman–Crippen MR) is 70.9 cm³/mol. The highest BCUT2D eigenvalue weighted by Gasteiger charge is 2.19. The van der Waals surface area contributed by atoms with E-state index in [4.69, 9.17) is 15.6 Å². The number of aliphatic hydroxyl groups excluding tert-OH is 1. The molecule has 1 saturated carbocycles. The van der Waals surface area contributed by atoms with Gasteiger partial charge in [-0.3, -0.25) is 0 Å². The second-order valence-electron chi connectivity index (χ2n) is 6.02. The summed E-state index contributed by atoms with van der Waals surface area (Å²) in [7, 11) is 0. The summed E-state index contributed by atoms with van der Waals surface area (Å²) >= 11 is 0. The monoisotopic (exact) mass is 243 g/mol. The highest BCUT2D eigenvalue weighted by atomic mass is 16.5. The third-order valence-corrected chi connectivity index (χ3v) is 3.82. The van der Waals surface area contributed by atoms with Crippen LogP contribution in [-0.4, -0.2) is 30.0 Å². The van der Waals surface area contributed by atoms with Crippen molar-refractivity contribution in [3.63, 3.8) is 0 Å². The van der Waals surface area contributed by atoms with Crippen LogP contribution in [0.2, 0.25) is 0 Å². The van der Waals surface area contributed by atoms with Gasteiger partial charge in [-0.25, -0.2) is 0 Å². The molecule has 1 aliphatic rings. The Hall–Kier alpha value is -0.120. The maximum atomic E-state index is 9.02. The molecule has 0 spiro atoms. The van der Waals surface area contributed by atoms with Crippen LogP contribution >= 0.6 is 0 Å². The van der Waals surface area contributed by atoms with Gasteiger partial charge >= 0.3 is 0 Å². The van der Waals surface area contributed by atoms with Gasteiger partial charge in [0.15, 0.2) is 0 Å². The number of ether oxygens (including phenoxy) is 1. The van der Waals surface area contributed by atoms with Crippen LogP contribution in [0.15, 0.2) is 0 Å². The fourth-order valence-corrected chi connectivity index (χ4v) is 2.36. The lowest BCUT2D eigenvalue weighted by atomic mass is 9.89. The molecular formula is C14H29NO2. The number of nitrogens with two attached hydrogens (primary N) is 1. The van der Waals surface area contributed by atoms with Crippen molar-refractivity contribution in [2.24, 2.45) is 11.7 Å². The van der Waals surface area contributed by atoms with Gasteiger partial charge in [-0.15, -0.1) is 0 Å². The van der Waals surface area contributed by atoms with Crippen LogP contribution in [0.25, 0.3) is 0 Å². The summed E-state index contributed by atoms with van der Waals surface area (Å²) in [6.45, 7) is 5.14. The van der Waals surface area contributed by atoms with E-state index in [1.54, 1.807) is 0 Å². The molecule has 3 nitrogen and oxygen atoms in total. The van der Waals surface area contributed by atoms with Crippen molar-refractivity contribution in [1.82, 2.24) is 0 Å². The average Bonchev–Trinajstić information content (AvgIpc) is 2.31. The molecule has 0 aromatic carbocycles. The van der Waals surface area contributed by atoms with Gasteiger partial charge in [0.2, 0.25) is 0 Å². The van der Waals surface area contributed by atoms with Crippen LogP contribution in [0.3, 0.4) is 0 Å². The Bertz CT molecular complexity index is 198. The van der Waals surface area contributed by atoms with E-state index < -0.39 is 5.54 Å². The Balaban J connectivity index is 1.97. The van der Waals surface area contributed by atoms with Crippen molar-refractivity contribution in [3.8, 4) is 0 Å². The standard InChI is InChI=1S/C14H29NO2/c1-12-5-7-13(8-6-12)17-10-4-3-9-14(2,15)11-16/h12-13,16H,3-11,15H2,1-2H3. The summed E-state index contributed by atoms with van der Waals surface area (Å²) < 4.78 is 5.88. The molecule has 1 atom stereocenters. The fraction of sp³-hybridized carbons (Fsp3) is 1.00. The number of hydrogen-bond donors (Lipinski definition) is 2. The molecular weight excluding hydrogens is 214 g/mol. The number of hydrogen-bond acceptors (Lipinski definition) is 3. The van der Waals surface area contributed by atoms with E-state index in [9.17, 15) is 0 Å². The summed E-state index contributed by atoms with van der Waals surface area (Å²) in [6.07, 6.45) is 8.54. The van der Waals surface area contributed by atoms with Gasteiger partial charge in [0.1, 0.15) is 0 Å².